The Morgan fingerprint density at radius 1 is 1.14 bits per heavy atom. The summed E-state index contributed by atoms with van der Waals surface area (Å²) in [6, 6.07) is 9.86. The first-order valence-corrected chi connectivity index (χ1v) is 4.81. The molecule has 2 aromatic rings. The van der Waals surface area contributed by atoms with Gasteiger partial charge in [-0.1, -0.05) is 30.3 Å². The predicted molar refractivity (Wildman–Crippen MR) is 55.6 cm³/mol. The molecule has 0 aliphatic heterocycles. The molecule has 72 valence electrons. The van der Waals surface area contributed by atoms with E-state index in [1.807, 2.05) is 30.3 Å². The van der Waals surface area contributed by atoms with Crippen LogP contribution in [0.15, 0.2) is 30.3 Å². The molecule has 0 aliphatic carbocycles. The molecule has 0 N–H and O–H groups in total. The Kier molecular flexibility index (Phi) is 2.70. The van der Waals surface area contributed by atoms with Gasteiger partial charge in [0, 0.05) is 0 Å². The lowest BCUT2D eigenvalue weighted by atomic mass is 10.2. The van der Waals surface area contributed by atoms with Crippen molar-refractivity contribution in [2.75, 3.05) is 0 Å². The minimum absolute atomic E-state index is 0.172. The van der Waals surface area contributed by atoms with E-state index in [1.54, 1.807) is 4.68 Å². The number of hydrogen-bond donors (Lipinski definition) is 0. The van der Waals surface area contributed by atoms with Crippen molar-refractivity contribution in [1.29, 1.82) is 0 Å². The summed E-state index contributed by atoms with van der Waals surface area (Å²) in [5.74, 6) is 0. The maximum atomic E-state index is 5.80. The molecule has 1 aromatic heterocycles. The van der Waals surface area contributed by atoms with Crippen LogP contribution in [-0.2, 0) is 6.54 Å². The van der Waals surface area contributed by atoms with E-state index >= 15 is 0 Å². The van der Waals surface area contributed by atoms with Crippen molar-refractivity contribution < 1.29 is 0 Å². The number of hydrogen-bond acceptors (Lipinski definition) is 2. The molecule has 0 unspecified atom stereocenters. The Hall–Kier alpha value is -1.06. The van der Waals surface area contributed by atoms with Crippen LogP contribution in [0.4, 0.5) is 0 Å². The largest absolute Gasteiger partial charge is 0.243 e. The SMILES string of the molecule is Clc1nc(Cl)n(Cc2ccccc2)n1. The van der Waals surface area contributed by atoms with Gasteiger partial charge in [-0.2, -0.15) is 4.98 Å². The van der Waals surface area contributed by atoms with Crippen molar-refractivity contribution >= 4 is 23.2 Å². The molecule has 0 amide bonds. The second-order valence-electron chi connectivity index (χ2n) is 2.79. The first-order valence-electron chi connectivity index (χ1n) is 4.05. The molecule has 0 atom stereocenters. The van der Waals surface area contributed by atoms with Gasteiger partial charge in [-0.25, -0.2) is 4.68 Å². The third-order valence-electron chi connectivity index (χ3n) is 1.78. The minimum Gasteiger partial charge on any atom is -0.230 e. The third-order valence-corrected chi connectivity index (χ3v) is 2.22. The van der Waals surface area contributed by atoms with E-state index in [0.717, 1.165) is 5.56 Å². The summed E-state index contributed by atoms with van der Waals surface area (Å²) >= 11 is 11.4. The van der Waals surface area contributed by atoms with Crippen LogP contribution in [0.2, 0.25) is 10.6 Å². The summed E-state index contributed by atoms with van der Waals surface area (Å²) < 4.78 is 1.55. The van der Waals surface area contributed by atoms with E-state index in [0.29, 0.717) is 11.8 Å². The first-order chi connectivity index (χ1) is 6.75. The predicted octanol–water partition coefficient (Wildman–Crippen LogP) is 2.63. The molecule has 3 nitrogen and oxygen atoms in total. The third kappa shape index (κ3) is 2.05. The van der Waals surface area contributed by atoms with E-state index in [-0.39, 0.29) is 5.28 Å². The fourth-order valence-corrected chi connectivity index (χ4v) is 1.55. The van der Waals surface area contributed by atoms with Gasteiger partial charge < -0.3 is 0 Å². The summed E-state index contributed by atoms with van der Waals surface area (Å²) in [6.45, 7) is 0.583. The molecule has 0 saturated carbocycles. The van der Waals surface area contributed by atoms with E-state index in [9.17, 15) is 0 Å². The standard InChI is InChI=1S/C9H7Cl2N3/c10-8-12-9(11)14(13-8)6-7-4-2-1-3-5-7/h1-5H,6H2. The molecule has 5 heteroatoms. The Morgan fingerprint density at radius 2 is 1.86 bits per heavy atom. The molecule has 2 rings (SSSR count). The molecule has 0 spiro atoms. The van der Waals surface area contributed by atoms with Gasteiger partial charge in [-0.15, -0.1) is 5.10 Å². The lowest BCUT2D eigenvalue weighted by molar-refractivity contribution is 0.686. The van der Waals surface area contributed by atoms with Crippen LogP contribution >= 0.6 is 23.2 Å². The topological polar surface area (TPSA) is 30.7 Å². The average molecular weight is 228 g/mol. The summed E-state index contributed by atoms with van der Waals surface area (Å²) in [5, 5.41) is 4.42. The molecule has 0 radical (unpaired) electrons. The van der Waals surface area contributed by atoms with E-state index in [1.165, 1.54) is 0 Å². The molecule has 1 heterocycles. The van der Waals surface area contributed by atoms with Crippen molar-refractivity contribution in [1.82, 2.24) is 14.8 Å². The lowest BCUT2D eigenvalue weighted by Crippen LogP contribution is -2.01. The first kappa shape index (κ1) is 9.49. The Balaban J connectivity index is 2.23. The molecule has 0 fully saturated rings. The maximum Gasteiger partial charge on any atom is 0.243 e. The van der Waals surface area contributed by atoms with Crippen LogP contribution < -0.4 is 0 Å². The van der Waals surface area contributed by atoms with Crippen molar-refractivity contribution in [2.24, 2.45) is 0 Å². The molecule has 0 bridgehead atoms. The van der Waals surface area contributed by atoms with E-state index < -0.39 is 0 Å². The van der Waals surface area contributed by atoms with Gasteiger partial charge in [-0.3, -0.25) is 0 Å². The zero-order chi connectivity index (χ0) is 9.97. The number of benzene rings is 1. The summed E-state index contributed by atoms with van der Waals surface area (Å²) in [7, 11) is 0. The molecule has 0 aliphatic rings. The fourth-order valence-electron chi connectivity index (χ4n) is 1.15. The fraction of sp³-hybridized carbons (Fsp3) is 0.111. The van der Waals surface area contributed by atoms with Gasteiger partial charge in [0.25, 0.3) is 0 Å². The molecule has 0 saturated heterocycles. The molecular formula is C9H7Cl2N3. The van der Waals surface area contributed by atoms with Crippen LogP contribution in [-0.4, -0.2) is 14.8 Å². The summed E-state index contributed by atoms with van der Waals surface area (Å²) in [5.41, 5.74) is 1.11. The zero-order valence-corrected chi connectivity index (χ0v) is 8.70. The zero-order valence-electron chi connectivity index (χ0n) is 7.19. The highest BCUT2D eigenvalue weighted by atomic mass is 35.5. The van der Waals surface area contributed by atoms with Crippen LogP contribution in [0.25, 0.3) is 0 Å². The van der Waals surface area contributed by atoms with E-state index in [4.69, 9.17) is 23.2 Å². The van der Waals surface area contributed by atoms with Crippen molar-refractivity contribution in [3.63, 3.8) is 0 Å². The maximum absolute atomic E-state index is 5.80. The lowest BCUT2D eigenvalue weighted by Gasteiger charge is -2.00. The van der Waals surface area contributed by atoms with Gasteiger partial charge in [0.1, 0.15) is 0 Å². The normalized spacial score (nSPS) is 10.4. The van der Waals surface area contributed by atoms with E-state index in [2.05, 4.69) is 10.1 Å². The average Bonchev–Trinajstić information content (AvgIpc) is 2.47. The smallest absolute Gasteiger partial charge is 0.230 e. The number of rotatable bonds is 2. The van der Waals surface area contributed by atoms with Crippen molar-refractivity contribution in [3.8, 4) is 0 Å². The summed E-state index contributed by atoms with van der Waals surface area (Å²) in [6.07, 6.45) is 0. The molecular weight excluding hydrogens is 221 g/mol. The van der Waals surface area contributed by atoms with Crippen LogP contribution in [0.5, 0.6) is 0 Å². The van der Waals surface area contributed by atoms with Gasteiger partial charge in [-0.05, 0) is 28.8 Å². The van der Waals surface area contributed by atoms with Gasteiger partial charge in [0.15, 0.2) is 0 Å². The van der Waals surface area contributed by atoms with Crippen LogP contribution in [0.3, 0.4) is 0 Å². The molecule has 1 aromatic carbocycles. The number of nitrogens with zero attached hydrogens (tertiary/aromatic N) is 3. The van der Waals surface area contributed by atoms with Gasteiger partial charge in [0.05, 0.1) is 6.54 Å². The second-order valence-corrected chi connectivity index (χ2v) is 3.47. The van der Waals surface area contributed by atoms with Crippen molar-refractivity contribution in [2.45, 2.75) is 6.54 Å². The number of aromatic nitrogens is 3. The minimum atomic E-state index is 0.172. The van der Waals surface area contributed by atoms with Gasteiger partial charge >= 0.3 is 0 Å². The highest BCUT2D eigenvalue weighted by Crippen LogP contribution is 2.11. The van der Waals surface area contributed by atoms with Crippen molar-refractivity contribution in [3.05, 3.63) is 46.5 Å². The quantitative estimate of drug-likeness (QED) is 0.790. The van der Waals surface area contributed by atoms with Gasteiger partial charge in [0.2, 0.25) is 10.6 Å². The number of halogens is 2. The Bertz CT molecular complexity index is 425. The molecule has 14 heavy (non-hydrogen) atoms. The Labute approximate surface area is 91.3 Å². The summed E-state index contributed by atoms with van der Waals surface area (Å²) in [4.78, 5) is 3.79. The van der Waals surface area contributed by atoms with Crippen LogP contribution in [0, 0.1) is 0 Å². The highest BCUT2D eigenvalue weighted by molar-refractivity contribution is 6.31. The van der Waals surface area contributed by atoms with Crippen LogP contribution in [0.1, 0.15) is 5.56 Å². The monoisotopic (exact) mass is 227 g/mol. The Morgan fingerprint density at radius 3 is 2.43 bits per heavy atom. The second kappa shape index (κ2) is 3.98. The highest BCUT2D eigenvalue weighted by Gasteiger charge is 2.05.